The van der Waals surface area contributed by atoms with Gasteiger partial charge in [0.1, 0.15) is 23.3 Å². The van der Waals surface area contributed by atoms with Gasteiger partial charge in [-0.3, -0.25) is 9.78 Å². The van der Waals surface area contributed by atoms with Gasteiger partial charge in [-0.05, 0) is 30.3 Å². The van der Waals surface area contributed by atoms with Crippen molar-refractivity contribution in [3.63, 3.8) is 0 Å². The molecular formula is C24H17FN8O. The van der Waals surface area contributed by atoms with E-state index in [1.165, 1.54) is 27.3 Å². The van der Waals surface area contributed by atoms with Crippen molar-refractivity contribution >= 4 is 11.5 Å². The normalized spacial score (nSPS) is 11.0. The zero-order valence-electron chi connectivity index (χ0n) is 18.0. The van der Waals surface area contributed by atoms with Gasteiger partial charge in [0.2, 0.25) is 5.56 Å². The molecule has 0 aliphatic heterocycles. The van der Waals surface area contributed by atoms with Crippen LogP contribution in [0.3, 0.4) is 0 Å². The predicted molar refractivity (Wildman–Crippen MR) is 123 cm³/mol. The van der Waals surface area contributed by atoms with E-state index in [-0.39, 0.29) is 33.8 Å². The highest BCUT2D eigenvalue weighted by atomic mass is 19.1. The Labute approximate surface area is 192 Å². The van der Waals surface area contributed by atoms with E-state index in [0.717, 1.165) is 5.69 Å². The predicted octanol–water partition coefficient (Wildman–Crippen LogP) is 2.74. The fourth-order valence-corrected chi connectivity index (χ4v) is 3.72. The first-order chi connectivity index (χ1) is 16.5. The lowest BCUT2D eigenvalue weighted by atomic mass is 10.0. The van der Waals surface area contributed by atoms with Crippen LogP contribution in [-0.4, -0.2) is 29.1 Å². The summed E-state index contributed by atoms with van der Waals surface area (Å²) >= 11 is 0. The number of aryl methyl sites for hydroxylation is 1. The van der Waals surface area contributed by atoms with Crippen molar-refractivity contribution in [2.24, 2.45) is 7.05 Å². The second-order valence-electron chi connectivity index (χ2n) is 7.60. The van der Waals surface area contributed by atoms with Crippen LogP contribution in [0.2, 0.25) is 0 Å². The SMILES string of the molecule is Cn1cc(-c2c(-c3cccc(C#N)c3F)nc(N)c3nc(Cc4ccccn4)nn23)ccc1=O. The molecule has 0 atom stereocenters. The van der Waals surface area contributed by atoms with Crippen LogP contribution in [0, 0.1) is 17.1 Å². The molecule has 0 fully saturated rings. The van der Waals surface area contributed by atoms with Crippen molar-refractivity contribution in [3.8, 4) is 28.6 Å². The second kappa shape index (κ2) is 8.22. The zero-order chi connectivity index (χ0) is 23.8. The van der Waals surface area contributed by atoms with E-state index in [1.54, 1.807) is 31.6 Å². The summed E-state index contributed by atoms with van der Waals surface area (Å²) in [4.78, 5) is 25.3. The average Bonchev–Trinajstić information content (AvgIpc) is 3.26. The number of nitrogens with zero attached hydrogens (tertiary/aromatic N) is 7. The van der Waals surface area contributed by atoms with Crippen molar-refractivity contribution in [1.29, 1.82) is 5.26 Å². The number of halogens is 1. The van der Waals surface area contributed by atoms with Crippen LogP contribution in [0.25, 0.3) is 28.2 Å². The number of anilines is 1. The Hall–Kier alpha value is -4.91. The third-order valence-electron chi connectivity index (χ3n) is 5.35. The number of hydrogen-bond donors (Lipinski definition) is 1. The fraction of sp³-hybridized carbons (Fsp3) is 0.0833. The number of nitriles is 1. The maximum atomic E-state index is 15.2. The molecule has 0 saturated heterocycles. The highest BCUT2D eigenvalue weighted by Gasteiger charge is 2.23. The quantitative estimate of drug-likeness (QED) is 0.444. The van der Waals surface area contributed by atoms with E-state index in [9.17, 15) is 10.1 Å². The number of pyridine rings is 2. The van der Waals surface area contributed by atoms with Gasteiger partial charge < -0.3 is 10.3 Å². The summed E-state index contributed by atoms with van der Waals surface area (Å²) in [6.45, 7) is 0. The molecule has 4 heterocycles. The topological polar surface area (TPSA) is 128 Å². The molecule has 5 rings (SSSR count). The number of nitrogens with two attached hydrogens (primary N) is 1. The number of benzene rings is 1. The lowest BCUT2D eigenvalue weighted by Gasteiger charge is -2.14. The first kappa shape index (κ1) is 21.0. The molecule has 0 unspecified atom stereocenters. The van der Waals surface area contributed by atoms with Gasteiger partial charge in [0.25, 0.3) is 0 Å². The van der Waals surface area contributed by atoms with Crippen LogP contribution in [-0.2, 0) is 13.5 Å². The van der Waals surface area contributed by atoms with Crippen molar-refractivity contribution in [2.45, 2.75) is 6.42 Å². The molecule has 4 aromatic heterocycles. The van der Waals surface area contributed by atoms with Gasteiger partial charge in [-0.2, -0.15) is 10.4 Å². The molecule has 166 valence electrons. The molecule has 0 saturated carbocycles. The fourth-order valence-electron chi connectivity index (χ4n) is 3.72. The second-order valence-corrected chi connectivity index (χ2v) is 7.60. The lowest BCUT2D eigenvalue weighted by molar-refractivity contribution is 0.626. The highest BCUT2D eigenvalue weighted by molar-refractivity contribution is 5.83. The Balaban J connectivity index is 1.82. The maximum absolute atomic E-state index is 15.2. The molecule has 10 heteroatoms. The number of nitrogen functional groups attached to an aromatic ring is 1. The third-order valence-corrected chi connectivity index (χ3v) is 5.35. The van der Waals surface area contributed by atoms with Gasteiger partial charge in [-0.25, -0.2) is 18.9 Å². The van der Waals surface area contributed by atoms with E-state index in [2.05, 4.69) is 20.1 Å². The Kier molecular flexibility index (Phi) is 5.07. The van der Waals surface area contributed by atoms with Crippen LogP contribution >= 0.6 is 0 Å². The van der Waals surface area contributed by atoms with Crippen LogP contribution in [0.4, 0.5) is 10.2 Å². The average molecular weight is 452 g/mol. The molecule has 5 aromatic rings. The molecule has 0 amide bonds. The molecule has 34 heavy (non-hydrogen) atoms. The molecular weight excluding hydrogens is 435 g/mol. The van der Waals surface area contributed by atoms with E-state index >= 15 is 4.39 Å². The minimum absolute atomic E-state index is 0.0464. The minimum Gasteiger partial charge on any atom is -0.381 e. The third kappa shape index (κ3) is 3.55. The monoisotopic (exact) mass is 452 g/mol. The first-order valence-electron chi connectivity index (χ1n) is 10.3. The van der Waals surface area contributed by atoms with E-state index < -0.39 is 5.82 Å². The van der Waals surface area contributed by atoms with Crippen LogP contribution in [0.1, 0.15) is 17.1 Å². The molecule has 1 aromatic carbocycles. The smallest absolute Gasteiger partial charge is 0.250 e. The van der Waals surface area contributed by atoms with Crippen LogP contribution in [0.15, 0.2) is 65.7 Å². The van der Waals surface area contributed by atoms with Crippen molar-refractivity contribution in [3.05, 3.63) is 94.2 Å². The van der Waals surface area contributed by atoms with Crippen molar-refractivity contribution in [2.75, 3.05) is 5.73 Å². The molecule has 0 aliphatic rings. The minimum atomic E-state index is -0.726. The molecule has 9 nitrogen and oxygen atoms in total. The number of aromatic nitrogens is 6. The number of fused-ring (bicyclic) bond motifs is 1. The Bertz CT molecular complexity index is 1650. The summed E-state index contributed by atoms with van der Waals surface area (Å²) in [5.41, 5.74) is 8.13. The van der Waals surface area contributed by atoms with E-state index in [1.807, 2.05) is 24.3 Å². The van der Waals surface area contributed by atoms with Gasteiger partial charge in [-0.15, -0.1) is 0 Å². The van der Waals surface area contributed by atoms with Gasteiger partial charge in [0.15, 0.2) is 17.3 Å². The lowest BCUT2D eigenvalue weighted by Crippen LogP contribution is -2.15. The maximum Gasteiger partial charge on any atom is 0.250 e. The first-order valence-corrected chi connectivity index (χ1v) is 10.3. The summed E-state index contributed by atoms with van der Waals surface area (Å²) in [6, 6.07) is 14.8. The molecule has 0 spiro atoms. The Morgan fingerprint density at radius 2 is 1.97 bits per heavy atom. The summed E-state index contributed by atoms with van der Waals surface area (Å²) in [6.07, 6.45) is 3.63. The molecule has 0 bridgehead atoms. The van der Waals surface area contributed by atoms with Crippen LogP contribution < -0.4 is 11.3 Å². The van der Waals surface area contributed by atoms with Gasteiger partial charge >= 0.3 is 0 Å². The summed E-state index contributed by atoms with van der Waals surface area (Å²) in [5, 5.41) is 13.9. The molecule has 0 radical (unpaired) electrons. The number of hydrogen-bond acceptors (Lipinski definition) is 7. The molecule has 2 N–H and O–H groups in total. The summed E-state index contributed by atoms with van der Waals surface area (Å²) in [7, 11) is 1.61. The van der Waals surface area contributed by atoms with E-state index in [0.29, 0.717) is 23.5 Å². The summed E-state index contributed by atoms with van der Waals surface area (Å²) in [5.74, 6) is -0.233. The van der Waals surface area contributed by atoms with E-state index in [4.69, 9.17) is 5.73 Å². The standard InChI is InChI=1S/C24H17FN8O/c1-32-13-15(8-9-19(32)34)22-21(17-7-4-5-14(12-26)20(17)25)30-23(27)24-29-18(31-33(22)24)11-16-6-2-3-10-28-16/h2-10,13H,11H2,1H3,(H2,27,30). The summed E-state index contributed by atoms with van der Waals surface area (Å²) < 4.78 is 18.1. The van der Waals surface area contributed by atoms with Gasteiger partial charge in [-0.1, -0.05) is 12.1 Å². The Morgan fingerprint density at radius 1 is 1.12 bits per heavy atom. The largest absolute Gasteiger partial charge is 0.381 e. The van der Waals surface area contributed by atoms with Gasteiger partial charge in [0.05, 0.1) is 12.0 Å². The Morgan fingerprint density at radius 3 is 2.71 bits per heavy atom. The number of rotatable bonds is 4. The molecule has 0 aliphatic carbocycles. The highest BCUT2D eigenvalue weighted by Crippen LogP contribution is 2.34. The van der Waals surface area contributed by atoms with Gasteiger partial charge in [0, 0.05) is 42.3 Å². The van der Waals surface area contributed by atoms with Crippen molar-refractivity contribution < 1.29 is 4.39 Å². The zero-order valence-corrected chi connectivity index (χ0v) is 18.0. The van der Waals surface area contributed by atoms with Crippen LogP contribution in [0.5, 0.6) is 0 Å². The van der Waals surface area contributed by atoms with Crippen molar-refractivity contribution in [1.82, 2.24) is 29.1 Å².